The number of hydrogen-bond donors (Lipinski definition) is 1. The molecule has 0 spiro atoms. The molecular formula is C21H22F2O3. The quantitative estimate of drug-likeness (QED) is 0.777. The van der Waals surface area contributed by atoms with Crippen LogP contribution in [0.4, 0.5) is 8.78 Å². The molecule has 0 amide bonds. The van der Waals surface area contributed by atoms with Crippen LogP contribution in [0.1, 0.15) is 54.4 Å². The maximum atomic E-state index is 15.1. The summed E-state index contributed by atoms with van der Waals surface area (Å²) < 4.78 is 34.0. The maximum Gasteiger partial charge on any atom is 0.338 e. The van der Waals surface area contributed by atoms with Crippen LogP contribution in [-0.4, -0.2) is 23.8 Å². The Kier molecular flexibility index (Phi) is 5.67. The van der Waals surface area contributed by atoms with Gasteiger partial charge in [0.1, 0.15) is 11.6 Å². The summed E-state index contributed by atoms with van der Waals surface area (Å²) in [7, 11) is 0. The number of carbonyl (C=O) groups is 1. The molecule has 0 atom stereocenters. The largest absolute Gasteiger partial charge is 0.478 e. The number of benzene rings is 2. The Morgan fingerprint density at radius 3 is 2.31 bits per heavy atom. The van der Waals surface area contributed by atoms with Gasteiger partial charge in [-0.2, -0.15) is 0 Å². The van der Waals surface area contributed by atoms with Gasteiger partial charge in [0.25, 0.3) is 0 Å². The summed E-state index contributed by atoms with van der Waals surface area (Å²) in [5.74, 6) is -2.40. The molecule has 0 saturated heterocycles. The topological polar surface area (TPSA) is 46.5 Å². The summed E-state index contributed by atoms with van der Waals surface area (Å²) >= 11 is 0. The highest BCUT2D eigenvalue weighted by Gasteiger charge is 2.29. The Morgan fingerprint density at radius 1 is 1.08 bits per heavy atom. The highest BCUT2D eigenvalue weighted by Crippen LogP contribution is 2.41. The maximum absolute atomic E-state index is 15.1. The van der Waals surface area contributed by atoms with Gasteiger partial charge in [0, 0.05) is 6.61 Å². The van der Waals surface area contributed by atoms with Crippen LogP contribution >= 0.6 is 0 Å². The van der Waals surface area contributed by atoms with Crippen LogP contribution in [0.15, 0.2) is 36.4 Å². The summed E-state index contributed by atoms with van der Waals surface area (Å²) in [6, 6.07) is 8.76. The minimum Gasteiger partial charge on any atom is -0.478 e. The van der Waals surface area contributed by atoms with Crippen molar-refractivity contribution in [3.8, 4) is 11.1 Å². The van der Waals surface area contributed by atoms with Crippen LogP contribution in [-0.2, 0) is 4.74 Å². The number of carboxylic acid groups (broad SMARTS) is 1. The zero-order chi connectivity index (χ0) is 18.7. The van der Waals surface area contributed by atoms with Crippen molar-refractivity contribution in [3.05, 3.63) is 59.2 Å². The van der Waals surface area contributed by atoms with E-state index in [0.29, 0.717) is 23.3 Å². The van der Waals surface area contributed by atoms with Crippen molar-refractivity contribution in [1.82, 2.24) is 0 Å². The minimum absolute atomic E-state index is 0.0777. The van der Waals surface area contributed by atoms with Crippen LogP contribution in [0.5, 0.6) is 0 Å². The van der Waals surface area contributed by atoms with E-state index in [-0.39, 0.29) is 23.4 Å². The molecule has 1 N–H and O–H groups in total. The molecule has 2 aromatic rings. The molecule has 1 aliphatic rings. The standard InChI is InChI=1S/C21H22F2O3/c1-2-26-16-9-5-14(6-10-16)19-17(13-3-7-15(22)8-4-13)11-12-18(20(19)23)21(24)25/h3-4,7-8,11-12,14,16H,2,5-6,9-10H2,1H3,(H,24,25)/t14-,16-. The number of halogens is 2. The third-order valence-electron chi connectivity index (χ3n) is 5.05. The van der Waals surface area contributed by atoms with E-state index in [1.165, 1.54) is 18.2 Å². The highest BCUT2D eigenvalue weighted by atomic mass is 19.1. The van der Waals surface area contributed by atoms with E-state index >= 15 is 4.39 Å². The molecule has 1 saturated carbocycles. The first kappa shape index (κ1) is 18.5. The van der Waals surface area contributed by atoms with Crippen molar-refractivity contribution in [1.29, 1.82) is 0 Å². The zero-order valence-electron chi connectivity index (χ0n) is 14.7. The molecule has 5 heteroatoms. The van der Waals surface area contributed by atoms with Crippen LogP contribution in [0.2, 0.25) is 0 Å². The fourth-order valence-corrected chi connectivity index (χ4v) is 3.79. The molecule has 3 rings (SSSR count). The van der Waals surface area contributed by atoms with E-state index in [9.17, 15) is 14.3 Å². The fraction of sp³-hybridized carbons (Fsp3) is 0.381. The SMILES string of the molecule is CCO[C@H]1CC[C@H](c2c(-c3ccc(F)cc3)ccc(C(=O)O)c2F)CC1. The van der Waals surface area contributed by atoms with E-state index in [0.717, 1.165) is 25.7 Å². The van der Waals surface area contributed by atoms with Crippen LogP contribution in [0.3, 0.4) is 0 Å². The summed E-state index contributed by atoms with van der Waals surface area (Å²) in [4.78, 5) is 11.4. The Balaban J connectivity index is 2.01. The molecule has 3 nitrogen and oxygen atoms in total. The van der Waals surface area contributed by atoms with Gasteiger partial charge in [0.15, 0.2) is 0 Å². The summed E-state index contributed by atoms with van der Waals surface area (Å²) in [5, 5.41) is 9.29. The smallest absolute Gasteiger partial charge is 0.338 e. The van der Waals surface area contributed by atoms with Gasteiger partial charge in [-0.1, -0.05) is 18.2 Å². The second kappa shape index (κ2) is 7.96. The Labute approximate surface area is 151 Å². The van der Waals surface area contributed by atoms with Gasteiger partial charge in [-0.15, -0.1) is 0 Å². The van der Waals surface area contributed by atoms with Crippen molar-refractivity contribution >= 4 is 5.97 Å². The van der Waals surface area contributed by atoms with E-state index < -0.39 is 11.8 Å². The number of ether oxygens (including phenoxy) is 1. The van der Waals surface area contributed by atoms with Crippen LogP contribution in [0.25, 0.3) is 11.1 Å². The van der Waals surface area contributed by atoms with Crippen molar-refractivity contribution in [2.45, 2.75) is 44.6 Å². The second-order valence-corrected chi connectivity index (χ2v) is 6.63. The summed E-state index contributed by atoms with van der Waals surface area (Å²) in [5.41, 5.74) is 1.42. The molecular weight excluding hydrogens is 338 g/mol. The van der Waals surface area contributed by atoms with Gasteiger partial charge in [-0.3, -0.25) is 0 Å². The predicted octanol–water partition coefficient (Wildman–Crippen LogP) is 5.39. The molecule has 2 aromatic carbocycles. The van der Waals surface area contributed by atoms with E-state index in [2.05, 4.69) is 0 Å². The number of rotatable bonds is 5. The van der Waals surface area contributed by atoms with Gasteiger partial charge < -0.3 is 9.84 Å². The second-order valence-electron chi connectivity index (χ2n) is 6.63. The number of hydrogen-bond acceptors (Lipinski definition) is 2. The van der Waals surface area contributed by atoms with Crippen LogP contribution in [0, 0.1) is 11.6 Å². The lowest BCUT2D eigenvalue weighted by Crippen LogP contribution is -2.22. The van der Waals surface area contributed by atoms with Crippen molar-refractivity contribution < 1.29 is 23.4 Å². The average molecular weight is 360 g/mol. The van der Waals surface area contributed by atoms with Gasteiger partial charge in [0.2, 0.25) is 0 Å². The van der Waals surface area contributed by atoms with E-state index in [1.54, 1.807) is 18.2 Å². The van der Waals surface area contributed by atoms with Crippen molar-refractivity contribution in [3.63, 3.8) is 0 Å². The molecule has 0 radical (unpaired) electrons. The molecule has 0 aliphatic heterocycles. The van der Waals surface area contributed by atoms with Crippen LogP contribution < -0.4 is 0 Å². The molecule has 138 valence electrons. The Hall–Kier alpha value is -2.27. The molecule has 1 fully saturated rings. The molecule has 0 unspecified atom stereocenters. The molecule has 0 aromatic heterocycles. The average Bonchev–Trinajstić information content (AvgIpc) is 2.63. The van der Waals surface area contributed by atoms with Crippen molar-refractivity contribution in [2.24, 2.45) is 0 Å². The van der Waals surface area contributed by atoms with Gasteiger partial charge in [0.05, 0.1) is 11.7 Å². The monoisotopic (exact) mass is 360 g/mol. The zero-order valence-corrected chi connectivity index (χ0v) is 14.7. The lowest BCUT2D eigenvalue weighted by Gasteiger charge is -2.30. The van der Waals surface area contributed by atoms with Gasteiger partial charge in [-0.25, -0.2) is 13.6 Å². The van der Waals surface area contributed by atoms with Gasteiger partial charge in [-0.05, 0) is 73.4 Å². The Bertz CT molecular complexity index is 779. The number of carboxylic acids is 1. The van der Waals surface area contributed by atoms with Crippen molar-refractivity contribution in [2.75, 3.05) is 6.61 Å². The molecule has 0 heterocycles. The fourth-order valence-electron chi connectivity index (χ4n) is 3.79. The lowest BCUT2D eigenvalue weighted by molar-refractivity contribution is 0.0325. The number of aromatic carboxylic acids is 1. The predicted molar refractivity (Wildman–Crippen MR) is 95.4 cm³/mol. The normalized spacial score (nSPS) is 20.1. The highest BCUT2D eigenvalue weighted by molar-refractivity contribution is 5.89. The molecule has 1 aliphatic carbocycles. The third kappa shape index (κ3) is 3.78. The first-order valence-electron chi connectivity index (χ1n) is 8.94. The summed E-state index contributed by atoms with van der Waals surface area (Å²) in [6.07, 6.45) is 3.28. The summed E-state index contributed by atoms with van der Waals surface area (Å²) in [6.45, 7) is 2.60. The molecule has 0 bridgehead atoms. The van der Waals surface area contributed by atoms with Gasteiger partial charge >= 0.3 is 5.97 Å². The van der Waals surface area contributed by atoms with E-state index in [1.807, 2.05) is 6.92 Å². The Morgan fingerprint density at radius 2 is 1.73 bits per heavy atom. The van der Waals surface area contributed by atoms with E-state index in [4.69, 9.17) is 4.74 Å². The minimum atomic E-state index is -1.28. The first-order chi connectivity index (χ1) is 12.5. The lowest BCUT2D eigenvalue weighted by atomic mass is 9.79. The molecule has 26 heavy (non-hydrogen) atoms. The first-order valence-corrected chi connectivity index (χ1v) is 8.94. The third-order valence-corrected chi connectivity index (χ3v) is 5.05.